The number of carbonyl (C=O) groups excluding carboxylic acids is 1. The zero-order valence-corrected chi connectivity index (χ0v) is 20.5. The molecule has 8 heteroatoms. The van der Waals surface area contributed by atoms with Crippen LogP contribution in [0, 0.1) is 5.82 Å². The number of hydrogen-bond donors (Lipinski definition) is 1. The smallest absolute Gasteiger partial charge is 0.251 e. The first-order chi connectivity index (χ1) is 17.2. The molecule has 3 heterocycles. The van der Waals surface area contributed by atoms with Crippen molar-refractivity contribution in [3.05, 3.63) is 112 Å². The van der Waals surface area contributed by atoms with E-state index in [0.717, 1.165) is 28.2 Å². The minimum Gasteiger partial charge on any atom is -0.352 e. The molecule has 5 rings (SSSR count). The maximum atomic E-state index is 14.1. The second kappa shape index (κ2) is 10.8. The molecule has 0 atom stereocenters. The van der Waals surface area contributed by atoms with Crippen molar-refractivity contribution in [3.63, 3.8) is 0 Å². The van der Waals surface area contributed by atoms with Crippen LogP contribution < -0.4 is 5.32 Å². The quantitative estimate of drug-likeness (QED) is 0.253. The fraction of sp³-hybridized carbons (Fsp3) is 0.148. The van der Waals surface area contributed by atoms with E-state index in [-0.39, 0.29) is 11.7 Å². The molecule has 0 bridgehead atoms. The van der Waals surface area contributed by atoms with Crippen LogP contribution in [0.4, 0.5) is 4.39 Å². The Morgan fingerprint density at radius 2 is 1.91 bits per heavy atom. The highest BCUT2D eigenvalue weighted by atomic mass is 32.2. The molecule has 2 aromatic carbocycles. The number of imidazole rings is 1. The van der Waals surface area contributed by atoms with Crippen LogP contribution in [0.5, 0.6) is 0 Å². The molecule has 5 aromatic rings. The molecule has 0 fully saturated rings. The highest BCUT2D eigenvalue weighted by molar-refractivity contribution is 7.98. The number of rotatable bonds is 9. The molecule has 1 amide bonds. The Morgan fingerprint density at radius 3 is 2.71 bits per heavy atom. The van der Waals surface area contributed by atoms with Gasteiger partial charge in [-0.05, 0) is 53.3 Å². The molecule has 0 unspecified atom stereocenters. The number of pyridine rings is 1. The number of carbonyl (C=O) groups is 1. The number of hydrogen-bond acceptors (Lipinski definition) is 5. The van der Waals surface area contributed by atoms with Crippen molar-refractivity contribution in [1.29, 1.82) is 0 Å². The maximum absolute atomic E-state index is 14.1. The largest absolute Gasteiger partial charge is 0.352 e. The number of nitrogens with one attached hydrogen (secondary N) is 1. The van der Waals surface area contributed by atoms with Gasteiger partial charge in [0.15, 0.2) is 5.16 Å². The minimum absolute atomic E-state index is 0.0773. The summed E-state index contributed by atoms with van der Waals surface area (Å²) in [6, 6.07) is 20.4. The van der Waals surface area contributed by atoms with Gasteiger partial charge in [-0.1, -0.05) is 48.2 Å². The topological polar surface area (TPSA) is 59.8 Å². The number of amides is 1. The van der Waals surface area contributed by atoms with Crippen molar-refractivity contribution in [2.24, 2.45) is 0 Å². The monoisotopic (exact) mass is 502 g/mol. The molecular formula is C27H23FN4OS2. The fourth-order valence-corrected chi connectivity index (χ4v) is 5.48. The van der Waals surface area contributed by atoms with Crippen molar-refractivity contribution in [1.82, 2.24) is 19.9 Å². The molecule has 0 saturated heterocycles. The van der Waals surface area contributed by atoms with Gasteiger partial charge < -0.3 is 9.88 Å². The van der Waals surface area contributed by atoms with Crippen LogP contribution in [0.15, 0.2) is 89.7 Å². The van der Waals surface area contributed by atoms with Gasteiger partial charge in [0.05, 0.1) is 23.8 Å². The molecule has 0 aliphatic rings. The summed E-state index contributed by atoms with van der Waals surface area (Å²) in [7, 11) is 0. The number of thioether (sulfide) groups is 1. The first-order valence-electron chi connectivity index (χ1n) is 11.2. The summed E-state index contributed by atoms with van der Waals surface area (Å²) in [5.41, 5.74) is 4.07. The predicted molar refractivity (Wildman–Crippen MR) is 139 cm³/mol. The summed E-state index contributed by atoms with van der Waals surface area (Å²) in [4.78, 5) is 22.8. The van der Waals surface area contributed by atoms with E-state index >= 15 is 0 Å². The lowest BCUT2D eigenvalue weighted by atomic mass is 10.1. The molecule has 3 aromatic heterocycles. The van der Waals surface area contributed by atoms with Gasteiger partial charge in [-0.15, -0.1) is 11.3 Å². The number of thiophene rings is 1. The van der Waals surface area contributed by atoms with Crippen molar-refractivity contribution in [2.45, 2.75) is 23.9 Å². The van der Waals surface area contributed by atoms with E-state index in [1.807, 2.05) is 47.8 Å². The number of halogens is 1. The fourth-order valence-electron chi connectivity index (χ4n) is 3.77. The number of benzene rings is 2. The lowest BCUT2D eigenvalue weighted by molar-refractivity contribution is 0.0954. The lowest BCUT2D eigenvalue weighted by Gasteiger charge is -2.10. The average molecular weight is 503 g/mol. The van der Waals surface area contributed by atoms with E-state index in [2.05, 4.69) is 20.9 Å². The summed E-state index contributed by atoms with van der Waals surface area (Å²) in [5.74, 6) is 0.189. The third kappa shape index (κ3) is 5.61. The highest BCUT2D eigenvalue weighted by Crippen LogP contribution is 2.28. The molecule has 0 aliphatic carbocycles. The normalized spacial score (nSPS) is 11.1. The van der Waals surface area contributed by atoms with Crippen LogP contribution in [-0.4, -0.2) is 27.0 Å². The third-order valence-corrected chi connectivity index (χ3v) is 7.59. The van der Waals surface area contributed by atoms with Gasteiger partial charge in [0.1, 0.15) is 5.82 Å². The number of aromatic nitrogens is 3. The van der Waals surface area contributed by atoms with Crippen molar-refractivity contribution in [3.8, 4) is 0 Å². The molecule has 5 nitrogen and oxygen atoms in total. The van der Waals surface area contributed by atoms with Crippen molar-refractivity contribution in [2.75, 3.05) is 6.54 Å². The summed E-state index contributed by atoms with van der Waals surface area (Å²) in [5, 5.41) is 5.82. The zero-order valence-electron chi connectivity index (χ0n) is 18.9. The van der Waals surface area contributed by atoms with Gasteiger partial charge in [-0.2, -0.15) is 0 Å². The van der Waals surface area contributed by atoms with E-state index in [0.29, 0.717) is 30.0 Å². The standard InChI is InChI=1S/C27H23FN4OS2/c28-23-6-2-1-4-21(23)18-35-27-31-24-12-13-29-16-25(24)32(27)17-19-7-9-20(10-8-19)26(33)30-14-11-22-5-3-15-34-22/h1-10,12-13,15-16H,11,14,17-18H2,(H,30,33). The van der Waals surface area contributed by atoms with Crippen LogP contribution in [0.3, 0.4) is 0 Å². The Balaban J connectivity index is 1.29. The Bertz CT molecular complexity index is 1430. The van der Waals surface area contributed by atoms with Crippen LogP contribution in [0.2, 0.25) is 0 Å². The van der Waals surface area contributed by atoms with Gasteiger partial charge in [0, 0.05) is 28.9 Å². The third-order valence-electron chi connectivity index (χ3n) is 5.62. The van der Waals surface area contributed by atoms with Gasteiger partial charge in [-0.25, -0.2) is 9.37 Å². The molecule has 176 valence electrons. The maximum Gasteiger partial charge on any atom is 0.251 e. The minimum atomic E-state index is -0.214. The Morgan fingerprint density at radius 1 is 1.06 bits per heavy atom. The molecule has 0 aliphatic heterocycles. The molecule has 0 saturated carbocycles. The summed E-state index contributed by atoms with van der Waals surface area (Å²) < 4.78 is 16.2. The SMILES string of the molecule is O=C(NCCc1cccs1)c1ccc(Cn2c(SCc3ccccc3F)nc3ccncc32)cc1. The second-order valence-corrected chi connectivity index (χ2v) is 9.98. The molecule has 1 N–H and O–H groups in total. The summed E-state index contributed by atoms with van der Waals surface area (Å²) in [6.07, 6.45) is 4.35. The van der Waals surface area contributed by atoms with Gasteiger partial charge in [-0.3, -0.25) is 9.78 Å². The Kier molecular flexibility index (Phi) is 7.20. The number of fused-ring (bicyclic) bond motifs is 1. The highest BCUT2D eigenvalue weighted by Gasteiger charge is 2.14. The lowest BCUT2D eigenvalue weighted by Crippen LogP contribution is -2.25. The summed E-state index contributed by atoms with van der Waals surface area (Å²) >= 11 is 3.19. The Hall–Kier alpha value is -3.49. The van der Waals surface area contributed by atoms with Gasteiger partial charge in [0.2, 0.25) is 0 Å². The summed E-state index contributed by atoms with van der Waals surface area (Å²) in [6.45, 7) is 1.18. The van der Waals surface area contributed by atoms with E-state index in [1.54, 1.807) is 35.9 Å². The van der Waals surface area contributed by atoms with Crippen molar-refractivity contribution < 1.29 is 9.18 Å². The van der Waals surface area contributed by atoms with Crippen LogP contribution in [0.1, 0.15) is 26.4 Å². The average Bonchev–Trinajstić information content (AvgIpc) is 3.52. The molecule has 0 radical (unpaired) electrons. The van der Waals surface area contributed by atoms with Gasteiger partial charge in [0.25, 0.3) is 5.91 Å². The number of nitrogens with zero attached hydrogens (tertiary/aromatic N) is 3. The van der Waals surface area contributed by atoms with Gasteiger partial charge >= 0.3 is 0 Å². The van der Waals surface area contributed by atoms with E-state index in [1.165, 1.54) is 22.7 Å². The first-order valence-corrected chi connectivity index (χ1v) is 13.1. The molecule has 35 heavy (non-hydrogen) atoms. The van der Waals surface area contributed by atoms with Crippen LogP contribution in [0.25, 0.3) is 11.0 Å². The van der Waals surface area contributed by atoms with E-state index in [4.69, 9.17) is 4.98 Å². The zero-order chi connectivity index (χ0) is 24.0. The second-order valence-electron chi connectivity index (χ2n) is 8.01. The predicted octanol–water partition coefficient (Wildman–Crippen LogP) is 5.95. The molecule has 0 spiro atoms. The first kappa shape index (κ1) is 23.3. The van der Waals surface area contributed by atoms with Crippen LogP contribution >= 0.6 is 23.1 Å². The van der Waals surface area contributed by atoms with Crippen molar-refractivity contribution >= 4 is 40.0 Å². The van der Waals surface area contributed by atoms with E-state index in [9.17, 15) is 9.18 Å². The van der Waals surface area contributed by atoms with Crippen LogP contribution in [-0.2, 0) is 18.7 Å². The van der Waals surface area contributed by atoms with E-state index < -0.39 is 0 Å². The Labute approximate surface area is 211 Å². The molecular weight excluding hydrogens is 479 g/mol.